The van der Waals surface area contributed by atoms with Crippen molar-refractivity contribution >= 4 is 0 Å². The Morgan fingerprint density at radius 3 is 2.00 bits per heavy atom. The molecule has 0 spiro atoms. The fraction of sp³-hybridized carbons (Fsp3) is 0.607. The van der Waals surface area contributed by atoms with Crippen LogP contribution in [0.1, 0.15) is 90.9 Å². The lowest BCUT2D eigenvalue weighted by molar-refractivity contribution is 0.183. The van der Waals surface area contributed by atoms with Crippen molar-refractivity contribution in [3.63, 3.8) is 0 Å². The van der Waals surface area contributed by atoms with Gasteiger partial charge in [-0.25, -0.2) is 4.39 Å². The summed E-state index contributed by atoms with van der Waals surface area (Å²) in [6.45, 7) is 5.29. The van der Waals surface area contributed by atoms with Gasteiger partial charge in [0.25, 0.3) is 0 Å². The fourth-order valence-corrected chi connectivity index (χ4v) is 3.67. The number of unbranched alkanes of at least 4 members (excludes halogenated alkanes) is 9. The Morgan fingerprint density at radius 1 is 0.719 bits per heavy atom. The monoisotopic (exact) mass is 443 g/mol. The molecule has 0 saturated carbocycles. The van der Waals surface area contributed by atoms with E-state index in [9.17, 15) is 4.39 Å². The molecule has 3 nitrogen and oxygen atoms in total. The van der Waals surface area contributed by atoms with Crippen LogP contribution in [0.4, 0.5) is 4.39 Å². The average molecular weight is 444 g/mol. The summed E-state index contributed by atoms with van der Waals surface area (Å²) in [7, 11) is 0. The lowest BCUT2D eigenvalue weighted by Gasteiger charge is -2.11. The van der Waals surface area contributed by atoms with Crippen molar-refractivity contribution in [3.05, 3.63) is 42.6 Å². The van der Waals surface area contributed by atoms with Gasteiger partial charge in [-0.1, -0.05) is 78.1 Å². The lowest BCUT2D eigenvalue weighted by atomic mass is 10.1. The van der Waals surface area contributed by atoms with Gasteiger partial charge in [0.1, 0.15) is 24.3 Å². The van der Waals surface area contributed by atoms with Crippen LogP contribution >= 0.6 is 0 Å². The van der Waals surface area contributed by atoms with Crippen molar-refractivity contribution in [2.45, 2.75) is 97.1 Å². The second kappa shape index (κ2) is 16.5. The van der Waals surface area contributed by atoms with E-state index in [1.54, 1.807) is 6.20 Å². The normalized spacial score (nSPS) is 12.0. The molecule has 0 N–H and O–H groups in total. The molecule has 0 saturated heterocycles. The minimum atomic E-state index is -0.916. The van der Waals surface area contributed by atoms with E-state index in [-0.39, 0.29) is 6.61 Å². The Hall–Kier alpha value is -2.10. The summed E-state index contributed by atoms with van der Waals surface area (Å²) in [5, 5.41) is 0. The third-order valence-electron chi connectivity index (χ3n) is 5.70. The van der Waals surface area contributed by atoms with E-state index < -0.39 is 6.17 Å². The topological polar surface area (TPSA) is 31.4 Å². The molecule has 2 aromatic rings. The second-order valence-corrected chi connectivity index (χ2v) is 8.63. The highest BCUT2D eigenvalue weighted by Gasteiger charge is 2.08. The van der Waals surface area contributed by atoms with Crippen molar-refractivity contribution in [1.82, 2.24) is 4.98 Å². The van der Waals surface area contributed by atoms with Crippen molar-refractivity contribution in [1.29, 1.82) is 0 Å². The van der Waals surface area contributed by atoms with Gasteiger partial charge in [0, 0.05) is 5.56 Å². The van der Waals surface area contributed by atoms with Gasteiger partial charge >= 0.3 is 0 Å². The molecule has 0 bridgehead atoms. The first kappa shape index (κ1) is 26.2. The molecule has 0 fully saturated rings. The van der Waals surface area contributed by atoms with Gasteiger partial charge in [0.15, 0.2) is 0 Å². The first-order valence-electron chi connectivity index (χ1n) is 12.7. The van der Waals surface area contributed by atoms with Crippen LogP contribution in [0.15, 0.2) is 42.6 Å². The molecule has 178 valence electrons. The summed E-state index contributed by atoms with van der Waals surface area (Å²) in [6, 6.07) is 11.8. The van der Waals surface area contributed by atoms with Crippen LogP contribution in [0, 0.1) is 0 Å². The molecule has 0 aliphatic carbocycles. The summed E-state index contributed by atoms with van der Waals surface area (Å²) in [6.07, 6.45) is 14.6. The SMILES string of the molecule is CCCCCCCCOc1ccc(-c2ccc(OCC(F)CCCCCCC)cn2)cc1. The van der Waals surface area contributed by atoms with Crippen molar-refractivity contribution in [3.8, 4) is 22.8 Å². The lowest BCUT2D eigenvalue weighted by Crippen LogP contribution is -2.12. The average Bonchev–Trinajstić information content (AvgIpc) is 2.83. The van der Waals surface area contributed by atoms with E-state index in [1.165, 1.54) is 51.4 Å². The van der Waals surface area contributed by atoms with Gasteiger partial charge in [-0.05, 0) is 49.2 Å². The number of halogens is 1. The molecule has 0 aliphatic heterocycles. The maximum absolute atomic E-state index is 14.0. The first-order valence-corrected chi connectivity index (χ1v) is 12.7. The maximum Gasteiger partial charge on any atom is 0.137 e. The predicted octanol–water partition coefficient (Wildman–Crippen LogP) is 8.57. The zero-order valence-electron chi connectivity index (χ0n) is 20.2. The molecule has 1 atom stereocenters. The molecule has 1 unspecified atom stereocenters. The number of rotatable bonds is 18. The summed E-state index contributed by atoms with van der Waals surface area (Å²) < 4.78 is 25.4. The zero-order chi connectivity index (χ0) is 22.9. The molecule has 1 heterocycles. The number of nitrogens with zero attached hydrogens (tertiary/aromatic N) is 1. The third kappa shape index (κ3) is 11.0. The summed E-state index contributed by atoms with van der Waals surface area (Å²) in [5.74, 6) is 1.51. The largest absolute Gasteiger partial charge is 0.494 e. The molecule has 1 aromatic carbocycles. The number of aromatic nitrogens is 1. The summed E-state index contributed by atoms with van der Waals surface area (Å²) in [4.78, 5) is 4.48. The minimum Gasteiger partial charge on any atom is -0.494 e. The molecule has 0 radical (unpaired) electrons. The van der Waals surface area contributed by atoms with Gasteiger partial charge < -0.3 is 9.47 Å². The van der Waals surface area contributed by atoms with Crippen LogP contribution in [0.5, 0.6) is 11.5 Å². The van der Waals surface area contributed by atoms with E-state index >= 15 is 0 Å². The van der Waals surface area contributed by atoms with E-state index in [0.29, 0.717) is 12.2 Å². The second-order valence-electron chi connectivity index (χ2n) is 8.63. The van der Waals surface area contributed by atoms with Crippen LogP contribution in [-0.4, -0.2) is 24.4 Å². The number of benzene rings is 1. The summed E-state index contributed by atoms with van der Waals surface area (Å²) in [5.41, 5.74) is 1.89. The highest BCUT2D eigenvalue weighted by Crippen LogP contribution is 2.23. The third-order valence-corrected chi connectivity index (χ3v) is 5.70. The highest BCUT2D eigenvalue weighted by atomic mass is 19.1. The van der Waals surface area contributed by atoms with Gasteiger partial charge in [-0.15, -0.1) is 0 Å². The predicted molar refractivity (Wildman–Crippen MR) is 132 cm³/mol. The molecule has 2 rings (SSSR count). The van der Waals surface area contributed by atoms with Crippen molar-refractivity contribution in [2.24, 2.45) is 0 Å². The zero-order valence-corrected chi connectivity index (χ0v) is 20.2. The standard InChI is InChI=1S/C28H42FNO2/c1-3-5-7-9-11-13-21-31-26-17-15-24(16-18-26)28-20-19-27(22-30-28)32-23-25(29)14-12-10-8-6-4-2/h15-20,22,25H,3-14,21,23H2,1-2H3. The molecule has 1 aromatic heterocycles. The van der Waals surface area contributed by atoms with Crippen molar-refractivity contribution in [2.75, 3.05) is 13.2 Å². The number of hydrogen-bond acceptors (Lipinski definition) is 3. The molecule has 4 heteroatoms. The van der Waals surface area contributed by atoms with E-state index in [1.807, 2.05) is 36.4 Å². The highest BCUT2D eigenvalue weighted by molar-refractivity contribution is 5.60. The minimum absolute atomic E-state index is 0.0967. The Bertz CT molecular complexity index is 702. The molecule has 0 amide bonds. The molecule has 32 heavy (non-hydrogen) atoms. The molecule has 0 aliphatic rings. The first-order chi connectivity index (χ1) is 15.7. The van der Waals surface area contributed by atoms with Crippen molar-refractivity contribution < 1.29 is 13.9 Å². The van der Waals surface area contributed by atoms with Crippen LogP contribution in [0.2, 0.25) is 0 Å². The summed E-state index contributed by atoms with van der Waals surface area (Å²) >= 11 is 0. The molecular formula is C28H42FNO2. The number of hydrogen-bond donors (Lipinski definition) is 0. The van der Waals surface area contributed by atoms with E-state index in [2.05, 4.69) is 18.8 Å². The van der Waals surface area contributed by atoms with Gasteiger partial charge in [0.05, 0.1) is 18.5 Å². The molecular weight excluding hydrogens is 401 g/mol. The quantitative estimate of drug-likeness (QED) is 0.216. The Labute approximate surface area is 194 Å². The van der Waals surface area contributed by atoms with Gasteiger partial charge in [-0.2, -0.15) is 0 Å². The van der Waals surface area contributed by atoms with E-state index in [0.717, 1.165) is 42.9 Å². The number of pyridine rings is 1. The Kier molecular flexibility index (Phi) is 13.5. The van der Waals surface area contributed by atoms with E-state index in [4.69, 9.17) is 9.47 Å². The smallest absolute Gasteiger partial charge is 0.137 e. The van der Waals surface area contributed by atoms with Crippen LogP contribution in [0.25, 0.3) is 11.3 Å². The van der Waals surface area contributed by atoms with Crippen LogP contribution in [-0.2, 0) is 0 Å². The van der Waals surface area contributed by atoms with Gasteiger partial charge in [0.2, 0.25) is 0 Å². The number of ether oxygens (including phenoxy) is 2. The van der Waals surface area contributed by atoms with Gasteiger partial charge in [-0.3, -0.25) is 4.98 Å². The Morgan fingerprint density at radius 2 is 1.34 bits per heavy atom. The van der Waals surface area contributed by atoms with Crippen LogP contribution < -0.4 is 9.47 Å². The Balaban J connectivity index is 1.67. The fourth-order valence-electron chi connectivity index (χ4n) is 3.67. The van der Waals surface area contributed by atoms with Crippen LogP contribution in [0.3, 0.4) is 0 Å². The maximum atomic E-state index is 14.0. The number of alkyl halides is 1.